The third-order valence-electron chi connectivity index (χ3n) is 2.83. The molecule has 2 aromatic carbocycles. The number of nitrogens with one attached hydrogen (secondary N) is 1. The quantitative estimate of drug-likeness (QED) is 0.796. The first-order valence-corrected chi connectivity index (χ1v) is 7.77. The van der Waals surface area contributed by atoms with Gasteiger partial charge in [0.25, 0.3) is 0 Å². The molecular weight excluding hydrogens is 370 g/mol. The van der Waals surface area contributed by atoms with Crippen molar-refractivity contribution < 1.29 is 14.3 Å². The summed E-state index contributed by atoms with van der Waals surface area (Å²) in [5.41, 5.74) is 0.544. The highest BCUT2D eigenvalue weighted by Crippen LogP contribution is 2.27. The zero-order valence-electron chi connectivity index (χ0n) is 11.9. The molecule has 0 unspecified atom stereocenters. The van der Waals surface area contributed by atoms with E-state index in [1.807, 2.05) is 24.3 Å². The highest BCUT2D eigenvalue weighted by atomic mass is 79.9. The molecule has 0 aliphatic carbocycles. The van der Waals surface area contributed by atoms with Crippen molar-refractivity contribution in [1.82, 2.24) is 0 Å². The van der Waals surface area contributed by atoms with Gasteiger partial charge in [-0.3, -0.25) is 4.79 Å². The van der Waals surface area contributed by atoms with Crippen molar-refractivity contribution in [3.63, 3.8) is 0 Å². The topological polar surface area (TPSA) is 47.6 Å². The lowest BCUT2D eigenvalue weighted by Gasteiger charge is -2.11. The number of rotatable bonds is 6. The summed E-state index contributed by atoms with van der Waals surface area (Å²) in [6.45, 7) is 0.283. The molecule has 6 heteroatoms. The van der Waals surface area contributed by atoms with Crippen LogP contribution in [0.3, 0.4) is 0 Å². The predicted octanol–water partition coefficient (Wildman–Crippen LogP) is 4.52. The van der Waals surface area contributed by atoms with Crippen LogP contribution in [0.4, 0.5) is 5.69 Å². The Balaban J connectivity index is 1.87. The van der Waals surface area contributed by atoms with E-state index >= 15 is 0 Å². The van der Waals surface area contributed by atoms with Crippen LogP contribution in [0.25, 0.3) is 0 Å². The first-order chi connectivity index (χ1) is 10.6. The van der Waals surface area contributed by atoms with E-state index in [9.17, 15) is 4.79 Å². The van der Waals surface area contributed by atoms with Crippen LogP contribution in [0.15, 0.2) is 46.9 Å². The van der Waals surface area contributed by atoms with Crippen molar-refractivity contribution in [1.29, 1.82) is 0 Å². The minimum absolute atomic E-state index is 0.171. The van der Waals surface area contributed by atoms with Crippen molar-refractivity contribution in [2.75, 3.05) is 19.0 Å². The van der Waals surface area contributed by atoms with Crippen LogP contribution in [0.1, 0.15) is 6.42 Å². The molecule has 2 aromatic rings. The summed E-state index contributed by atoms with van der Waals surface area (Å²) in [6, 6.07) is 12.5. The fourth-order valence-corrected chi connectivity index (χ4v) is 2.36. The van der Waals surface area contributed by atoms with Gasteiger partial charge in [-0.05, 0) is 36.4 Å². The van der Waals surface area contributed by atoms with Crippen LogP contribution in [0.2, 0.25) is 5.02 Å². The minimum atomic E-state index is -0.171. The molecule has 0 atom stereocenters. The molecule has 116 valence electrons. The second-order valence-corrected chi connectivity index (χ2v) is 5.80. The van der Waals surface area contributed by atoms with E-state index in [2.05, 4.69) is 21.2 Å². The molecule has 0 fully saturated rings. The van der Waals surface area contributed by atoms with Gasteiger partial charge in [0.2, 0.25) is 5.91 Å². The average molecular weight is 385 g/mol. The van der Waals surface area contributed by atoms with Crippen LogP contribution in [0.5, 0.6) is 11.5 Å². The number of carbonyl (C=O) groups excluding carboxylic acids is 1. The van der Waals surface area contributed by atoms with Gasteiger partial charge in [0.05, 0.1) is 25.8 Å². The van der Waals surface area contributed by atoms with E-state index in [0.29, 0.717) is 22.2 Å². The van der Waals surface area contributed by atoms with Crippen molar-refractivity contribution in [3.8, 4) is 11.5 Å². The van der Waals surface area contributed by atoms with E-state index in [1.165, 1.54) is 7.11 Å². The smallest absolute Gasteiger partial charge is 0.227 e. The number of methoxy groups -OCH3 is 1. The maximum Gasteiger partial charge on any atom is 0.227 e. The fraction of sp³-hybridized carbons (Fsp3) is 0.188. The average Bonchev–Trinajstić information content (AvgIpc) is 2.47. The molecule has 0 radical (unpaired) electrons. The lowest BCUT2D eigenvalue weighted by Crippen LogP contribution is -2.15. The molecule has 0 aliphatic rings. The number of ether oxygens (including phenoxy) is 2. The molecule has 0 aromatic heterocycles. The number of amides is 1. The predicted molar refractivity (Wildman–Crippen MR) is 90.9 cm³/mol. The van der Waals surface area contributed by atoms with Gasteiger partial charge in [0.1, 0.15) is 11.5 Å². The number of hydrogen-bond acceptors (Lipinski definition) is 3. The Bertz CT molecular complexity index is 664. The van der Waals surface area contributed by atoms with E-state index in [1.54, 1.807) is 18.2 Å². The van der Waals surface area contributed by atoms with Crippen molar-refractivity contribution >= 4 is 39.1 Å². The highest BCUT2D eigenvalue weighted by Gasteiger charge is 2.08. The fourth-order valence-electron chi connectivity index (χ4n) is 1.81. The molecule has 0 heterocycles. The molecule has 1 amide bonds. The molecule has 0 saturated carbocycles. The van der Waals surface area contributed by atoms with Gasteiger partial charge in [-0.1, -0.05) is 33.6 Å². The van der Waals surface area contributed by atoms with Crippen LogP contribution < -0.4 is 14.8 Å². The van der Waals surface area contributed by atoms with Crippen molar-refractivity contribution in [3.05, 3.63) is 52.0 Å². The van der Waals surface area contributed by atoms with Crippen LogP contribution in [-0.2, 0) is 4.79 Å². The van der Waals surface area contributed by atoms with E-state index in [0.717, 1.165) is 4.47 Å². The number of benzene rings is 2. The monoisotopic (exact) mass is 383 g/mol. The highest BCUT2D eigenvalue weighted by molar-refractivity contribution is 9.10. The third-order valence-corrected chi connectivity index (χ3v) is 3.56. The Morgan fingerprint density at radius 2 is 2.09 bits per heavy atom. The van der Waals surface area contributed by atoms with E-state index in [-0.39, 0.29) is 18.9 Å². The molecule has 2 rings (SSSR count). The third kappa shape index (κ3) is 4.93. The zero-order valence-corrected chi connectivity index (χ0v) is 14.3. The van der Waals surface area contributed by atoms with Gasteiger partial charge in [0.15, 0.2) is 0 Å². The first kappa shape index (κ1) is 16.6. The van der Waals surface area contributed by atoms with Crippen LogP contribution in [-0.4, -0.2) is 19.6 Å². The second kappa shape index (κ2) is 8.06. The summed E-state index contributed by atoms with van der Waals surface area (Å²) < 4.78 is 11.6. The maximum atomic E-state index is 12.0. The van der Waals surface area contributed by atoms with Gasteiger partial charge in [-0.15, -0.1) is 0 Å². The molecule has 22 heavy (non-hydrogen) atoms. The maximum absolute atomic E-state index is 12.0. The summed E-state index contributed by atoms with van der Waals surface area (Å²) >= 11 is 9.28. The van der Waals surface area contributed by atoms with Crippen LogP contribution in [0, 0.1) is 0 Å². The summed E-state index contributed by atoms with van der Waals surface area (Å²) in [6.07, 6.45) is 0.224. The Labute approximate surface area is 142 Å². The Morgan fingerprint density at radius 3 is 2.82 bits per heavy atom. The van der Waals surface area contributed by atoms with Crippen molar-refractivity contribution in [2.24, 2.45) is 0 Å². The standard InChI is InChI=1S/C16H15BrClNO3/c1-21-15-6-5-12(18)10-14(15)19-16(20)7-8-22-13-4-2-3-11(17)9-13/h2-6,9-10H,7-8H2,1H3,(H,19,20). The molecular formula is C16H15BrClNO3. The van der Waals surface area contributed by atoms with Gasteiger partial charge in [0, 0.05) is 9.50 Å². The number of halogens is 2. The Kier molecular flexibility index (Phi) is 6.10. The molecule has 0 saturated heterocycles. The lowest BCUT2D eigenvalue weighted by molar-refractivity contribution is -0.116. The Hall–Kier alpha value is -1.72. The first-order valence-electron chi connectivity index (χ1n) is 6.60. The largest absolute Gasteiger partial charge is 0.495 e. The molecule has 1 N–H and O–H groups in total. The number of hydrogen-bond donors (Lipinski definition) is 1. The summed E-state index contributed by atoms with van der Waals surface area (Å²) in [5.74, 6) is 1.10. The Morgan fingerprint density at radius 1 is 1.27 bits per heavy atom. The summed E-state index contributed by atoms with van der Waals surface area (Å²) in [5, 5.41) is 3.29. The molecule has 0 spiro atoms. The van der Waals surface area contributed by atoms with Crippen molar-refractivity contribution in [2.45, 2.75) is 6.42 Å². The summed E-state index contributed by atoms with van der Waals surface area (Å²) in [4.78, 5) is 12.0. The van der Waals surface area contributed by atoms with E-state index in [4.69, 9.17) is 21.1 Å². The van der Waals surface area contributed by atoms with Gasteiger partial charge in [-0.25, -0.2) is 0 Å². The van der Waals surface area contributed by atoms with Gasteiger partial charge >= 0.3 is 0 Å². The van der Waals surface area contributed by atoms with Gasteiger partial charge in [-0.2, -0.15) is 0 Å². The van der Waals surface area contributed by atoms with Crippen LogP contribution >= 0.6 is 27.5 Å². The number of carbonyl (C=O) groups is 1. The summed E-state index contributed by atoms with van der Waals surface area (Å²) in [7, 11) is 1.54. The second-order valence-electron chi connectivity index (χ2n) is 4.45. The van der Waals surface area contributed by atoms with Gasteiger partial charge < -0.3 is 14.8 Å². The van der Waals surface area contributed by atoms with E-state index < -0.39 is 0 Å². The normalized spacial score (nSPS) is 10.1. The molecule has 0 aliphatic heterocycles. The minimum Gasteiger partial charge on any atom is -0.495 e. The molecule has 4 nitrogen and oxygen atoms in total. The number of anilines is 1. The SMILES string of the molecule is COc1ccc(Cl)cc1NC(=O)CCOc1cccc(Br)c1. The molecule has 0 bridgehead atoms. The zero-order chi connectivity index (χ0) is 15.9. The lowest BCUT2D eigenvalue weighted by atomic mass is 10.2.